The molecule has 0 atom stereocenters. The van der Waals surface area contributed by atoms with Gasteiger partial charge in [0.25, 0.3) is 0 Å². The Morgan fingerprint density at radius 3 is 2.94 bits per heavy atom. The Morgan fingerprint density at radius 1 is 1.50 bits per heavy atom. The summed E-state index contributed by atoms with van der Waals surface area (Å²) in [6.45, 7) is 1.65. The van der Waals surface area contributed by atoms with Gasteiger partial charge < -0.3 is 15.2 Å². The molecule has 1 aliphatic heterocycles. The second kappa shape index (κ2) is 4.95. The smallest absolute Gasteiger partial charge is 0.224 e. The SMILES string of the molecule is OC1(CNc2ccnc(Cl)n2)CCOCC1. The van der Waals surface area contributed by atoms with E-state index < -0.39 is 5.60 Å². The number of aromatic nitrogens is 2. The molecule has 2 heterocycles. The molecule has 0 amide bonds. The van der Waals surface area contributed by atoms with Crippen molar-refractivity contribution in [1.29, 1.82) is 0 Å². The van der Waals surface area contributed by atoms with Crippen LogP contribution in [0.1, 0.15) is 12.8 Å². The average molecular weight is 244 g/mol. The van der Waals surface area contributed by atoms with Crippen LogP contribution in [0.25, 0.3) is 0 Å². The zero-order chi connectivity index (χ0) is 11.4. The van der Waals surface area contributed by atoms with E-state index in [0.717, 1.165) is 0 Å². The van der Waals surface area contributed by atoms with E-state index in [4.69, 9.17) is 16.3 Å². The predicted molar refractivity (Wildman–Crippen MR) is 60.5 cm³/mol. The lowest BCUT2D eigenvalue weighted by Crippen LogP contribution is -2.42. The Kier molecular flexibility index (Phi) is 3.58. The summed E-state index contributed by atoms with van der Waals surface area (Å²) in [6.07, 6.45) is 2.85. The summed E-state index contributed by atoms with van der Waals surface area (Å²) in [5.74, 6) is 0.625. The molecule has 1 aromatic rings. The molecule has 0 aromatic carbocycles. The maximum atomic E-state index is 10.2. The fourth-order valence-corrected chi connectivity index (χ4v) is 1.76. The maximum absolute atomic E-state index is 10.2. The standard InChI is InChI=1S/C10H14ClN3O2/c11-9-12-4-1-8(14-9)13-7-10(15)2-5-16-6-3-10/h1,4,15H,2-3,5-7H2,(H,12,13,14). The lowest BCUT2D eigenvalue weighted by Gasteiger charge is -2.32. The van der Waals surface area contributed by atoms with E-state index >= 15 is 0 Å². The van der Waals surface area contributed by atoms with Crippen molar-refractivity contribution >= 4 is 17.4 Å². The van der Waals surface area contributed by atoms with Crippen molar-refractivity contribution in [2.75, 3.05) is 25.1 Å². The van der Waals surface area contributed by atoms with Gasteiger partial charge in [0.1, 0.15) is 5.82 Å². The van der Waals surface area contributed by atoms with Gasteiger partial charge in [0.15, 0.2) is 0 Å². The largest absolute Gasteiger partial charge is 0.388 e. The molecule has 16 heavy (non-hydrogen) atoms. The van der Waals surface area contributed by atoms with E-state index in [-0.39, 0.29) is 5.28 Å². The minimum absolute atomic E-state index is 0.198. The number of hydrogen-bond acceptors (Lipinski definition) is 5. The molecular weight excluding hydrogens is 230 g/mol. The second-order valence-corrected chi connectivity index (χ2v) is 4.24. The van der Waals surface area contributed by atoms with Crippen LogP contribution in [0, 0.1) is 0 Å². The van der Waals surface area contributed by atoms with Crippen LogP contribution < -0.4 is 5.32 Å². The number of anilines is 1. The van der Waals surface area contributed by atoms with E-state index in [1.165, 1.54) is 0 Å². The van der Waals surface area contributed by atoms with Gasteiger partial charge in [0.2, 0.25) is 5.28 Å². The van der Waals surface area contributed by atoms with Crippen molar-refractivity contribution in [3.8, 4) is 0 Å². The number of nitrogens with zero attached hydrogens (tertiary/aromatic N) is 2. The lowest BCUT2D eigenvalue weighted by molar-refractivity contribution is -0.0543. The average Bonchev–Trinajstić information content (AvgIpc) is 2.28. The molecule has 2 rings (SSSR count). The minimum Gasteiger partial charge on any atom is -0.388 e. The van der Waals surface area contributed by atoms with Gasteiger partial charge in [-0.3, -0.25) is 0 Å². The molecular formula is C10H14ClN3O2. The number of aliphatic hydroxyl groups is 1. The quantitative estimate of drug-likeness (QED) is 0.778. The first-order valence-electron chi connectivity index (χ1n) is 5.21. The van der Waals surface area contributed by atoms with Crippen LogP contribution in [0.2, 0.25) is 5.28 Å². The number of rotatable bonds is 3. The van der Waals surface area contributed by atoms with Crippen molar-refractivity contribution in [3.05, 3.63) is 17.5 Å². The number of halogens is 1. The van der Waals surface area contributed by atoms with E-state index in [2.05, 4.69) is 15.3 Å². The van der Waals surface area contributed by atoms with Gasteiger partial charge >= 0.3 is 0 Å². The predicted octanol–water partition coefficient (Wildman–Crippen LogP) is 1.08. The van der Waals surface area contributed by atoms with E-state index in [1.807, 2.05) is 0 Å². The van der Waals surface area contributed by atoms with Crippen LogP contribution in [0.15, 0.2) is 12.3 Å². The molecule has 5 nitrogen and oxygen atoms in total. The van der Waals surface area contributed by atoms with Gasteiger partial charge in [-0.25, -0.2) is 9.97 Å². The van der Waals surface area contributed by atoms with Crippen molar-refractivity contribution in [2.45, 2.75) is 18.4 Å². The summed E-state index contributed by atoms with van der Waals surface area (Å²) in [5.41, 5.74) is -0.713. The van der Waals surface area contributed by atoms with Crippen LogP contribution in [-0.4, -0.2) is 40.4 Å². The lowest BCUT2D eigenvalue weighted by atomic mass is 9.94. The third-order valence-corrected chi connectivity index (χ3v) is 2.83. The van der Waals surface area contributed by atoms with Gasteiger partial charge in [0.05, 0.1) is 5.60 Å². The van der Waals surface area contributed by atoms with Crippen molar-refractivity contribution in [3.63, 3.8) is 0 Å². The molecule has 0 unspecified atom stereocenters. The van der Waals surface area contributed by atoms with Crippen molar-refractivity contribution < 1.29 is 9.84 Å². The van der Waals surface area contributed by atoms with Gasteiger partial charge in [-0.2, -0.15) is 0 Å². The summed E-state index contributed by atoms with van der Waals surface area (Å²) in [6, 6.07) is 1.72. The number of hydrogen-bond donors (Lipinski definition) is 2. The number of ether oxygens (including phenoxy) is 1. The Labute approximate surface area is 98.8 Å². The van der Waals surface area contributed by atoms with Gasteiger partial charge in [-0.15, -0.1) is 0 Å². The summed E-state index contributed by atoms with van der Waals surface area (Å²) in [5, 5.41) is 13.4. The van der Waals surface area contributed by atoms with Gasteiger partial charge in [-0.1, -0.05) is 0 Å². The summed E-state index contributed by atoms with van der Waals surface area (Å²) in [7, 11) is 0. The van der Waals surface area contributed by atoms with Crippen LogP contribution in [0.5, 0.6) is 0 Å². The zero-order valence-corrected chi connectivity index (χ0v) is 9.57. The molecule has 1 aromatic heterocycles. The van der Waals surface area contributed by atoms with Crippen molar-refractivity contribution in [1.82, 2.24) is 9.97 Å². The van der Waals surface area contributed by atoms with Gasteiger partial charge in [-0.05, 0) is 17.7 Å². The molecule has 0 aliphatic carbocycles. The minimum atomic E-state index is -0.713. The molecule has 0 bridgehead atoms. The van der Waals surface area contributed by atoms with E-state index in [1.54, 1.807) is 12.3 Å². The molecule has 0 radical (unpaired) electrons. The van der Waals surface area contributed by atoms with Crippen LogP contribution >= 0.6 is 11.6 Å². The normalized spacial score (nSPS) is 19.4. The van der Waals surface area contributed by atoms with Crippen molar-refractivity contribution in [2.24, 2.45) is 0 Å². The molecule has 2 N–H and O–H groups in total. The third kappa shape index (κ3) is 3.04. The fraction of sp³-hybridized carbons (Fsp3) is 0.600. The highest BCUT2D eigenvalue weighted by atomic mass is 35.5. The second-order valence-electron chi connectivity index (χ2n) is 3.90. The molecule has 0 saturated carbocycles. The number of nitrogens with one attached hydrogen (secondary N) is 1. The monoisotopic (exact) mass is 243 g/mol. The fourth-order valence-electron chi connectivity index (χ4n) is 1.62. The highest BCUT2D eigenvalue weighted by Crippen LogP contribution is 2.20. The molecule has 6 heteroatoms. The van der Waals surface area contributed by atoms with Crippen LogP contribution in [0.3, 0.4) is 0 Å². The first-order valence-corrected chi connectivity index (χ1v) is 5.58. The Morgan fingerprint density at radius 2 is 2.25 bits per heavy atom. The Bertz CT molecular complexity index is 356. The summed E-state index contributed by atoms with van der Waals surface area (Å²) in [4.78, 5) is 7.77. The summed E-state index contributed by atoms with van der Waals surface area (Å²) < 4.78 is 5.20. The topological polar surface area (TPSA) is 67.3 Å². The van der Waals surface area contributed by atoms with Crippen LogP contribution in [-0.2, 0) is 4.74 Å². The van der Waals surface area contributed by atoms with Crippen LogP contribution in [0.4, 0.5) is 5.82 Å². The molecule has 88 valence electrons. The Balaban J connectivity index is 1.91. The maximum Gasteiger partial charge on any atom is 0.224 e. The zero-order valence-electron chi connectivity index (χ0n) is 8.82. The highest BCUT2D eigenvalue weighted by Gasteiger charge is 2.29. The van der Waals surface area contributed by atoms with E-state index in [9.17, 15) is 5.11 Å². The Hall–Kier alpha value is -0.910. The third-order valence-electron chi connectivity index (χ3n) is 2.65. The molecule has 0 spiro atoms. The first kappa shape index (κ1) is 11.6. The molecule has 1 saturated heterocycles. The summed E-state index contributed by atoms with van der Waals surface area (Å²) >= 11 is 5.66. The molecule has 1 aliphatic rings. The van der Waals surface area contributed by atoms with E-state index in [0.29, 0.717) is 38.4 Å². The van der Waals surface area contributed by atoms with Gasteiger partial charge in [0, 0.05) is 38.8 Å². The highest BCUT2D eigenvalue weighted by molar-refractivity contribution is 6.28. The molecule has 1 fully saturated rings. The first-order chi connectivity index (χ1) is 7.68.